The van der Waals surface area contributed by atoms with E-state index in [-0.39, 0.29) is 11.0 Å². The second kappa shape index (κ2) is 6.85. The van der Waals surface area contributed by atoms with E-state index in [1.54, 1.807) is 27.7 Å². The molecule has 0 spiro atoms. The van der Waals surface area contributed by atoms with E-state index in [0.717, 1.165) is 11.3 Å². The summed E-state index contributed by atoms with van der Waals surface area (Å²) in [6, 6.07) is 2.02. The zero-order valence-corrected chi connectivity index (χ0v) is 14.6. The van der Waals surface area contributed by atoms with Gasteiger partial charge in [-0.2, -0.15) is 5.26 Å². The molecule has 0 aliphatic carbocycles. The van der Waals surface area contributed by atoms with Gasteiger partial charge >= 0.3 is 5.97 Å². The van der Waals surface area contributed by atoms with Gasteiger partial charge < -0.3 is 15.4 Å². The number of hydrogen-bond donors (Lipinski definition) is 2. The van der Waals surface area contributed by atoms with Crippen LogP contribution in [0.25, 0.3) is 0 Å². The summed E-state index contributed by atoms with van der Waals surface area (Å²) in [4.78, 5) is 23.9. The number of anilines is 1. The summed E-state index contributed by atoms with van der Waals surface area (Å²) in [6.45, 7) is 6.94. The van der Waals surface area contributed by atoms with E-state index in [0.29, 0.717) is 21.0 Å². The fourth-order valence-corrected chi connectivity index (χ4v) is 2.79. The van der Waals surface area contributed by atoms with Crippen LogP contribution in [0.5, 0.6) is 0 Å². The molecule has 0 fully saturated rings. The van der Waals surface area contributed by atoms with Crippen molar-refractivity contribution in [3.63, 3.8) is 0 Å². The Morgan fingerprint density at radius 3 is 2.41 bits per heavy atom. The van der Waals surface area contributed by atoms with Crippen LogP contribution in [0.2, 0.25) is 0 Å². The van der Waals surface area contributed by atoms with Crippen LogP contribution in [0, 0.1) is 23.7 Å². The number of nitrogens with zero attached hydrogens (tertiary/aromatic N) is 1. The summed E-state index contributed by atoms with van der Waals surface area (Å²) >= 11 is 6.13. The van der Waals surface area contributed by atoms with Gasteiger partial charge in [-0.05, 0) is 24.7 Å². The van der Waals surface area contributed by atoms with Gasteiger partial charge in [0, 0.05) is 5.41 Å². The highest BCUT2D eigenvalue weighted by molar-refractivity contribution is 7.80. The molecule has 8 heteroatoms. The third-order valence-electron chi connectivity index (χ3n) is 2.76. The van der Waals surface area contributed by atoms with Crippen molar-refractivity contribution in [2.24, 2.45) is 5.41 Å². The molecule has 118 valence electrons. The van der Waals surface area contributed by atoms with Crippen LogP contribution >= 0.6 is 23.6 Å². The Kier molecular flexibility index (Phi) is 5.63. The molecular formula is C14H17N3O3S2. The van der Waals surface area contributed by atoms with Gasteiger partial charge in [0.25, 0.3) is 0 Å². The molecule has 22 heavy (non-hydrogen) atoms. The predicted molar refractivity (Wildman–Crippen MR) is 88.9 cm³/mol. The summed E-state index contributed by atoms with van der Waals surface area (Å²) in [6.07, 6.45) is 0. The molecule has 6 nitrogen and oxygen atoms in total. The number of rotatable bonds is 2. The van der Waals surface area contributed by atoms with Gasteiger partial charge in [0.05, 0.1) is 12.7 Å². The van der Waals surface area contributed by atoms with Gasteiger partial charge in [-0.25, -0.2) is 4.79 Å². The topological polar surface area (TPSA) is 91.2 Å². The largest absolute Gasteiger partial charge is 0.465 e. The van der Waals surface area contributed by atoms with E-state index in [4.69, 9.17) is 12.2 Å². The third-order valence-corrected chi connectivity index (χ3v) is 4.16. The van der Waals surface area contributed by atoms with Gasteiger partial charge in [0.15, 0.2) is 5.11 Å². The maximum atomic E-state index is 11.9. The number of thiocarbonyl (C=S) groups is 1. The van der Waals surface area contributed by atoms with Crippen molar-refractivity contribution in [2.75, 3.05) is 12.4 Å². The van der Waals surface area contributed by atoms with Crippen LogP contribution in [-0.4, -0.2) is 24.1 Å². The summed E-state index contributed by atoms with van der Waals surface area (Å²) < 4.78 is 4.68. The van der Waals surface area contributed by atoms with E-state index in [1.807, 2.05) is 6.07 Å². The number of carbonyl (C=O) groups excluding carboxylic acids is 2. The zero-order valence-electron chi connectivity index (χ0n) is 13.0. The first kappa shape index (κ1) is 18.1. The molecule has 1 amide bonds. The first-order valence-electron chi connectivity index (χ1n) is 6.36. The van der Waals surface area contributed by atoms with Crippen LogP contribution in [0.1, 0.15) is 41.6 Å². The first-order chi connectivity index (χ1) is 10.1. The number of nitriles is 1. The van der Waals surface area contributed by atoms with Crippen molar-refractivity contribution >= 4 is 45.5 Å². The average Bonchev–Trinajstić information content (AvgIpc) is 2.72. The lowest BCUT2D eigenvalue weighted by atomic mass is 9.96. The summed E-state index contributed by atoms with van der Waals surface area (Å²) in [5.41, 5.74) is 0.233. The maximum Gasteiger partial charge on any atom is 0.348 e. The number of carbonyl (C=O) groups is 2. The van der Waals surface area contributed by atoms with Crippen LogP contribution in [0.15, 0.2) is 0 Å². The molecular weight excluding hydrogens is 322 g/mol. The van der Waals surface area contributed by atoms with E-state index in [9.17, 15) is 14.9 Å². The second-order valence-electron chi connectivity index (χ2n) is 5.52. The normalized spacial score (nSPS) is 10.5. The number of esters is 1. The zero-order chi connectivity index (χ0) is 17.1. The van der Waals surface area contributed by atoms with Crippen LogP contribution in [0.4, 0.5) is 5.00 Å². The smallest absolute Gasteiger partial charge is 0.348 e. The molecule has 0 atom stereocenters. The molecule has 0 saturated carbocycles. The predicted octanol–water partition coefficient (Wildman–Crippen LogP) is 2.57. The molecule has 1 rings (SSSR count). The van der Waals surface area contributed by atoms with Crippen LogP contribution in [-0.2, 0) is 9.53 Å². The van der Waals surface area contributed by atoms with E-state index in [2.05, 4.69) is 15.4 Å². The Morgan fingerprint density at radius 1 is 1.36 bits per heavy atom. The second-order valence-corrected chi connectivity index (χ2v) is 6.95. The van der Waals surface area contributed by atoms with Crippen molar-refractivity contribution in [1.82, 2.24) is 5.32 Å². The van der Waals surface area contributed by atoms with E-state index < -0.39 is 11.4 Å². The highest BCUT2D eigenvalue weighted by Crippen LogP contribution is 2.32. The number of nitrogens with one attached hydrogen (secondary N) is 2. The van der Waals surface area contributed by atoms with E-state index >= 15 is 0 Å². The summed E-state index contributed by atoms with van der Waals surface area (Å²) in [7, 11) is 1.27. The van der Waals surface area contributed by atoms with E-state index in [1.165, 1.54) is 7.11 Å². The van der Waals surface area contributed by atoms with Crippen LogP contribution < -0.4 is 10.6 Å². The Labute approximate surface area is 138 Å². The fourth-order valence-electron chi connectivity index (χ4n) is 1.45. The third kappa shape index (κ3) is 4.02. The quantitative estimate of drug-likeness (QED) is 0.636. The minimum absolute atomic E-state index is 0.0779. The number of thiophene rings is 1. The molecule has 0 unspecified atom stereocenters. The molecule has 0 aliphatic rings. The highest BCUT2D eigenvalue weighted by atomic mass is 32.1. The molecule has 0 saturated heterocycles. The lowest BCUT2D eigenvalue weighted by Crippen LogP contribution is -2.41. The molecule has 1 aromatic heterocycles. The lowest BCUT2D eigenvalue weighted by molar-refractivity contribution is -0.126. The molecule has 1 heterocycles. The number of hydrogen-bond acceptors (Lipinski definition) is 6. The first-order valence-corrected chi connectivity index (χ1v) is 7.58. The molecule has 2 N–H and O–H groups in total. The lowest BCUT2D eigenvalue weighted by Gasteiger charge is -2.18. The minimum atomic E-state index is -0.591. The molecule has 0 bridgehead atoms. The molecule has 1 aromatic rings. The molecule has 0 radical (unpaired) electrons. The van der Waals surface area contributed by atoms with Crippen molar-refractivity contribution in [2.45, 2.75) is 27.7 Å². The number of methoxy groups -OCH3 is 1. The Morgan fingerprint density at radius 2 is 1.95 bits per heavy atom. The molecule has 0 aromatic carbocycles. The maximum absolute atomic E-state index is 11.9. The van der Waals surface area contributed by atoms with Crippen molar-refractivity contribution in [1.29, 1.82) is 5.26 Å². The monoisotopic (exact) mass is 339 g/mol. The fraction of sp³-hybridized carbons (Fsp3) is 0.429. The van der Waals surface area contributed by atoms with Crippen molar-refractivity contribution in [3.05, 3.63) is 16.0 Å². The highest BCUT2D eigenvalue weighted by Gasteiger charge is 2.24. The van der Waals surface area contributed by atoms with Gasteiger partial charge in [-0.3, -0.25) is 4.79 Å². The van der Waals surface area contributed by atoms with Gasteiger partial charge in [-0.1, -0.05) is 20.8 Å². The summed E-state index contributed by atoms with van der Waals surface area (Å²) in [5.74, 6) is -0.762. The average molecular weight is 339 g/mol. The van der Waals surface area contributed by atoms with Gasteiger partial charge in [0.2, 0.25) is 5.91 Å². The van der Waals surface area contributed by atoms with Gasteiger partial charge in [0.1, 0.15) is 15.9 Å². The number of amides is 1. The Bertz CT molecular complexity index is 666. The van der Waals surface area contributed by atoms with Crippen LogP contribution in [0.3, 0.4) is 0 Å². The van der Waals surface area contributed by atoms with Gasteiger partial charge in [-0.15, -0.1) is 11.3 Å². The Balaban J connectivity index is 2.99. The SMILES string of the molecule is COC(=O)c1sc(NC(=S)NC(=O)C(C)(C)C)c(C#N)c1C. The van der Waals surface area contributed by atoms with Crippen molar-refractivity contribution < 1.29 is 14.3 Å². The standard InChI is InChI=1S/C14H17N3O3S2/c1-7-8(6-15)10(22-9(7)11(18)20-5)16-13(21)17-12(19)14(2,3)4/h1-5H3,(H2,16,17,19,21). The summed E-state index contributed by atoms with van der Waals surface area (Å²) in [5, 5.41) is 15.1. The Hall–Kier alpha value is -1.98. The number of ether oxygens (including phenoxy) is 1. The molecule has 0 aliphatic heterocycles. The minimum Gasteiger partial charge on any atom is -0.465 e. The van der Waals surface area contributed by atoms with Crippen molar-refractivity contribution in [3.8, 4) is 6.07 Å².